The van der Waals surface area contributed by atoms with E-state index in [9.17, 15) is 4.79 Å². The van der Waals surface area contributed by atoms with Crippen molar-refractivity contribution in [3.8, 4) is 0 Å². The summed E-state index contributed by atoms with van der Waals surface area (Å²) in [7, 11) is 1.38. The Labute approximate surface area is 153 Å². The van der Waals surface area contributed by atoms with Crippen molar-refractivity contribution in [2.45, 2.75) is 31.9 Å². The summed E-state index contributed by atoms with van der Waals surface area (Å²) in [6, 6.07) is 15.5. The van der Waals surface area contributed by atoms with E-state index < -0.39 is 0 Å². The van der Waals surface area contributed by atoms with Crippen LogP contribution in [0.1, 0.15) is 47.7 Å². The van der Waals surface area contributed by atoms with E-state index in [-0.39, 0.29) is 5.97 Å². The Bertz CT molecular complexity index is 742. The molecule has 2 aromatic rings. The molecule has 0 bridgehead atoms. The first-order valence-electron chi connectivity index (χ1n) is 8.27. The van der Waals surface area contributed by atoms with Gasteiger partial charge in [0.2, 0.25) is 0 Å². The summed E-state index contributed by atoms with van der Waals surface area (Å²) in [5, 5.41) is 0.500. The molecule has 2 aromatic carbocycles. The molecule has 0 amide bonds. The van der Waals surface area contributed by atoms with Gasteiger partial charge in [-0.3, -0.25) is 0 Å². The predicted octanol–water partition coefficient (Wildman–Crippen LogP) is 4.87. The van der Waals surface area contributed by atoms with Crippen molar-refractivity contribution in [3.05, 3.63) is 65.2 Å². The van der Waals surface area contributed by atoms with E-state index in [1.165, 1.54) is 24.4 Å². The number of thioether (sulfide) groups is 1. The van der Waals surface area contributed by atoms with Gasteiger partial charge in [0.1, 0.15) is 0 Å². The average molecular weight is 356 g/mol. The summed E-state index contributed by atoms with van der Waals surface area (Å²) in [6.07, 6.45) is 1.12. The number of methoxy groups -OCH3 is 1. The molecule has 25 heavy (non-hydrogen) atoms. The second kappa shape index (κ2) is 9.28. The second-order valence-electron chi connectivity index (χ2n) is 5.83. The zero-order valence-corrected chi connectivity index (χ0v) is 15.7. The average Bonchev–Trinajstić information content (AvgIpc) is 2.66. The normalized spacial score (nSPS) is 12.7. The molecule has 0 saturated carbocycles. The molecule has 5 heteroatoms. The highest BCUT2D eigenvalue weighted by Crippen LogP contribution is 2.23. The Morgan fingerprint density at radius 1 is 1.24 bits per heavy atom. The van der Waals surface area contributed by atoms with Crippen molar-refractivity contribution in [2.75, 3.05) is 7.11 Å². The molecular weight excluding hydrogens is 332 g/mol. The zero-order valence-electron chi connectivity index (χ0n) is 14.9. The Morgan fingerprint density at radius 3 is 2.60 bits per heavy atom. The molecule has 0 saturated heterocycles. The van der Waals surface area contributed by atoms with Gasteiger partial charge < -0.3 is 10.5 Å². The number of amidine groups is 1. The second-order valence-corrected chi connectivity index (χ2v) is 6.83. The van der Waals surface area contributed by atoms with Crippen LogP contribution in [0.3, 0.4) is 0 Å². The fourth-order valence-corrected chi connectivity index (χ4v) is 3.00. The molecule has 0 unspecified atom stereocenters. The topological polar surface area (TPSA) is 64.7 Å². The lowest BCUT2D eigenvalue weighted by Crippen LogP contribution is -2.06. The SMILES string of the molecule is CC[C@@H](C)c1ccc(N=C(N)SCc2cccc(C(=O)OC)c2)cc1. The van der Waals surface area contributed by atoms with Gasteiger partial charge in [0, 0.05) is 5.75 Å². The maximum atomic E-state index is 11.6. The summed E-state index contributed by atoms with van der Waals surface area (Å²) in [4.78, 5) is 16.0. The van der Waals surface area contributed by atoms with E-state index in [0.717, 1.165) is 17.7 Å². The Kier molecular flexibility index (Phi) is 7.07. The lowest BCUT2D eigenvalue weighted by atomic mass is 9.99. The van der Waals surface area contributed by atoms with Crippen LogP contribution in [0.15, 0.2) is 53.5 Å². The maximum absolute atomic E-state index is 11.6. The number of nitrogens with zero attached hydrogens (tertiary/aromatic N) is 1. The van der Waals surface area contributed by atoms with Crippen LogP contribution < -0.4 is 5.73 Å². The molecule has 0 aliphatic carbocycles. The third-order valence-electron chi connectivity index (χ3n) is 4.05. The van der Waals surface area contributed by atoms with Crippen LogP contribution in [-0.4, -0.2) is 18.2 Å². The van der Waals surface area contributed by atoms with Crippen LogP contribution in [0, 0.1) is 0 Å². The number of esters is 1. The number of aliphatic imine (C=N–C) groups is 1. The highest BCUT2D eigenvalue weighted by molar-refractivity contribution is 8.13. The quantitative estimate of drug-likeness (QED) is 0.456. The Hall–Kier alpha value is -2.27. The van der Waals surface area contributed by atoms with Crippen molar-refractivity contribution < 1.29 is 9.53 Å². The molecular formula is C20H24N2O2S. The number of rotatable bonds is 6. The maximum Gasteiger partial charge on any atom is 0.337 e. The van der Waals surface area contributed by atoms with Gasteiger partial charge in [-0.2, -0.15) is 0 Å². The van der Waals surface area contributed by atoms with Gasteiger partial charge in [0.25, 0.3) is 0 Å². The van der Waals surface area contributed by atoms with Crippen LogP contribution in [0.25, 0.3) is 0 Å². The summed E-state index contributed by atoms with van der Waals surface area (Å²) < 4.78 is 4.74. The van der Waals surface area contributed by atoms with Crippen molar-refractivity contribution in [3.63, 3.8) is 0 Å². The summed E-state index contributed by atoms with van der Waals surface area (Å²) in [6.45, 7) is 4.39. The third-order valence-corrected chi connectivity index (χ3v) is 4.91. The van der Waals surface area contributed by atoms with Crippen LogP contribution in [0.2, 0.25) is 0 Å². The van der Waals surface area contributed by atoms with E-state index in [4.69, 9.17) is 10.5 Å². The zero-order chi connectivity index (χ0) is 18.2. The molecule has 0 aliphatic heterocycles. The van der Waals surface area contributed by atoms with Gasteiger partial charge in [-0.1, -0.05) is 49.9 Å². The number of nitrogens with two attached hydrogens (primary N) is 1. The van der Waals surface area contributed by atoms with Gasteiger partial charge in [-0.05, 0) is 47.7 Å². The van der Waals surface area contributed by atoms with Gasteiger partial charge >= 0.3 is 5.97 Å². The smallest absolute Gasteiger partial charge is 0.337 e. The van der Waals surface area contributed by atoms with Gasteiger partial charge in [-0.25, -0.2) is 9.79 Å². The summed E-state index contributed by atoms with van der Waals surface area (Å²) in [5.74, 6) is 0.854. The molecule has 1 atom stereocenters. The van der Waals surface area contributed by atoms with E-state index in [1.54, 1.807) is 6.07 Å². The number of ether oxygens (including phenoxy) is 1. The first-order chi connectivity index (χ1) is 12.0. The Morgan fingerprint density at radius 2 is 1.96 bits per heavy atom. The molecule has 0 radical (unpaired) electrons. The largest absolute Gasteiger partial charge is 0.465 e. The standard InChI is InChI=1S/C20H24N2O2S/c1-4-14(2)16-8-10-18(11-9-16)22-20(21)25-13-15-6-5-7-17(12-15)19(23)24-3/h5-12,14H,4,13H2,1-3H3,(H2,21,22)/t14-/m1/s1. The van der Waals surface area contributed by atoms with Crippen LogP contribution in [0.5, 0.6) is 0 Å². The molecule has 0 aliphatic rings. The monoisotopic (exact) mass is 356 g/mol. The van der Waals surface area contributed by atoms with E-state index >= 15 is 0 Å². The van der Waals surface area contributed by atoms with Crippen molar-refractivity contribution >= 4 is 28.6 Å². The number of hydrogen-bond acceptors (Lipinski definition) is 4. The predicted molar refractivity (Wildman–Crippen MR) is 106 cm³/mol. The van der Waals surface area contributed by atoms with Crippen molar-refractivity contribution in [2.24, 2.45) is 10.7 Å². The lowest BCUT2D eigenvalue weighted by molar-refractivity contribution is 0.0600. The number of carbonyl (C=O) groups excluding carboxylic acids is 1. The molecule has 132 valence electrons. The minimum absolute atomic E-state index is 0.338. The summed E-state index contributed by atoms with van der Waals surface area (Å²) in [5.41, 5.74) is 9.72. The van der Waals surface area contributed by atoms with E-state index in [0.29, 0.717) is 22.4 Å². The number of benzene rings is 2. The molecule has 4 nitrogen and oxygen atoms in total. The van der Waals surface area contributed by atoms with E-state index in [2.05, 4.69) is 31.0 Å². The minimum Gasteiger partial charge on any atom is -0.465 e. The van der Waals surface area contributed by atoms with Crippen LogP contribution in [-0.2, 0) is 10.5 Å². The van der Waals surface area contributed by atoms with Crippen molar-refractivity contribution in [1.82, 2.24) is 0 Å². The lowest BCUT2D eigenvalue weighted by Gasteiger charge is -2.08. The van der Waals surface area contributed by atoms with Gasteiger partial charge in [0.15, 0.2) is 5.17 Å². The van der Waals surface area contributed by atoms with Crippen LogP contribution in [0.4, 0.5) is 5.69 Å². The summed E-state index contributed by atoms with van der Waals surface area (Å²) >= 11 is 1.44. The van der Waals surface area contributed by atoms with Gasteiger partial charge in [-0.15, -0.1) is 0 Å². The van der Waals surface area contributed by atoms with Crippen molar-refractivity contribution in [1.29, 1.82) is 0 Å². The van der Waals surface area contributed by atoms with Gasteiger partial charge in [0.05, 0.1) is 18.4 Å². The highest BCUT2D eigenvalue weighted by Gasteiger charge is 2.06. The third kappa shape index (κ3) is 5.64. The minimum atomic E-state index is -0.338. The number of hydrogen-bond donors (Lipinski definition) is 1. The molecule has 0 spiro atoms. The molecule has 0 aromatic heterocycles. The molecule has 0 heterocycles. The number of carbonyl (C=O) groups is 1. The Balaban J connectivity index is 1.98. The first-order valence-corrected chi connectivity index (χ1v) is 9.26. The first kappa shape index (κ1) is 19.1. The fourth-order valence-electron chi connectivity index (χ4n) is 2.34. The van der Waals surface area contributed by atoms with E-state index in [1.807, 2.05) is 30.3 Å². The fraction of sp³-hybridized carbons (Fsp3) is 0.300. The van der Waals surface area contributed by atoms with Crippen LogP contribution >= 0.6 is 11.8 Å². The molecule has 0 fully saturated rings. The molecule has 2 N–H and O–H groups in total. The molecule has 2 rings (SSSR count). The highest BCUT2D eigenvalue weighted by atomic mass is 32.2.